The normalized spacial score (nSPS) is 16.9. The van der Waals surface area contributed by atoms with Crippen molar-refractivity contribution in [3.63, 3.8) is 0 Å². The summed E-state index contributed by atoms with van der Waals surface area (Å²) in [5.74, 6) is 1.75. The third-order valence-electron chi connectivity index (χ3n) is 7.11. The number of likely N-dealkylation sites (tertiary alicyclic amines) is 1. The van der Waals surface area contributed by atoms with Gasteiger partial charge in [-0.05, 0) is 87.5 Å². The van der Waals surface area contributed by atoms with E-state index in [2.05, 4.69) is 14.9 Å². The van der Waals surface area contributed by atoms with Crippen LogP contribution in [0.15, 0.2) is 53.8 Å². The van der Waals surface area contributed by atoms with E-state index < -0.39 is 6.10 Å². The van der Waals surface area contributed by atoms with Crippen LogP contribution in [0.3, 0.4) is 0 Å². The van der Waals surface area contributed by atoms with Crippen LogP contribution in [0, 0.1) is 5.41 Å². The second kappa shape index (κ2) is 12.4. The summed E-state index contributed by atoms with van der Waals surface area (Å²) < 4.78 is 5.36. The van der Waals surface area contributed by atoms with Crippen LogP contribution >= 0.6 is 23.4 Å². The van der Waals surface area contributed by atoms with Crippen molar-refractivity contribution < 1.29 is 14.9 Å². The molecule has 4 rings (SSSR count). The van der Waals surface area contributed by atoms with Crippen LogP contribution in [-0.2, 0) is 0 Å². The Kier molecular flexibility index (Phi) is 9.25. The monoisotopic (exact) mass is 515 g/mol. The lowest BCUT2D eigenvalue weighted by Crippen LogP contribution is -2.42. The number of hydrogen-bond acceptors (Lipinski definition) is 7. The molecule has 3 heterocycles. The number of aliphatic hydroxyl groups excluding tert-OH is 2. The molecule has 188 valence electrons. The van der Waals surface area contributed by atoms with Crippen molar-refractivity contribution in [3.8, 4) is 5.75 Å². The zero-order chi connectivity index (χ0) is 24.7. The van der Waals surface area contributed by atoms with Crippen LogP contribution in [0.2, 0.25) is 5.02 Å². The first kappa shape index (κ1) is 26.2. The number of benzene rings is 1. The van der Waals surface area contributed by atoms with Crippen molar-refractivity contribution in [1.82, 2.24) is 14.9 Å². The number of piperidine rings is 1. The van der Waals surface area contributed by atoms with Gasteiger partial charge in [0.2, 0.25) is 0 Å². The third kappa shape index (κ3) is 6.66. The molecule has 1 atom stereocenters. The number of nitrogens with zero attached hydrogens (tertiary/aromatic N) is 3. The lowest BCUT2D eigenvalue weighted by molar-refractivity contribution is 0.0238. The topological polar surface area (TPSA) is 78.7 Å². The van der Waals surface area contributed by atoms with Gasteiger partial charge < -0.3 is 19.8 Å². The highest BCUT2D eigenvalue weighted by Gasteiger charge is 2.34. The van der Waals surface area contributed by atoms with Crippen molar-refractivity contribution in [2.75, 3.05) is 39.1 Å². The number of thioether (sulfide) groups is 1. The SMILES string of the molecule is COc1ccc2ncc(Cl)c(C(O)CCC3(CO)CCN(CCCSc4ccccn4)CC3)c2c1. The number of methoxy groups -OCH3 is 1. The van der Waals surface area contributed by atoms with E-state index in [1.54, 1.807) is 25.1 Å². The van der Waals surface area contributed by atoms with Crippen LogP contribution in [0.25, 0.3) is 10.9 Å². The first-order valence-electron chi connectivity index (χ1n) is 12.2. The highest BCUT2D eigenvalue weighted by atomic mass is 35.5. The summed E-state index contributed by atoms with van der Waals surface area (Å²) in [6.45, 7) is 3.15. The number of ether oxygens (including phenoxy) is 1. The Bertz CT molecular complexity index is 1090. The van der Waals surface area contributed by atoms with Gasteiger partial charge in [-0.1, -0.05) is 17.7 Å². The minimum atomic E-state index is -0.731. The molecule has 0 spiro atoms. The van der Waals surface area contributed by atoms with E-state index in [0.29, 0.717) is 22.8 Å². The van der Waals surface area contributed by atoms with Crippen molar-refractivity contribution in [2.45, 2.75) is 43.2 Å². The van der Waals surface area contributed by atoms with Gasteiger partial charge in [-0.25, -0.2) is 4.98 Å². The Morgan fingerprint density at radius 2 is 2.03 bits per heavy atom. The molecule has 1 unspecified atom stereocenters. The van der Waals surface area contributed by atoms with Crippen LogP contribution in [-0.4, -0.2) is 64.2 Å². The molecule has 1 aliphatic rings. The molecule has 1 saturated heterocycles. The largest absolute Gasteiger partial charge is 0.497 e. The number of pyridine rings is 2. The highest BCUT2D eigenvalue weighted by Crippen LogP contribution is 2.40. The summed E-state index contributed by atoms with van der Waals surface area (Å²) in [7, 11) is 1.62. The summed E-state index contributed by atoms with van der Waals surface area (Å²) in [4.78, 5) is 11.2. The minimum absolute atomic E-state index is 0.141. The fourth-order valence-electron chi connectivity index (χ4n) is 4.86. The molecule has 1 fully saturated rings. The number of aromatic nitrogens is 2. The summed E-state index contributed by atoms with van der Waals surface area (Å²) in [5, 5.41) is 23.8. The smallest absolute Gasteiger partial charge is 0.119 e. The van der Waals surface area contributed by atoms with E-state index in [4.69, 9.17) is 16.3 Å². The van der Waals surface area contributed by atoms with Crippen molar-refractivity contribution >= 4 is 34.3 Å². The average Bonchev–Trinajstić information content (AvgIpc) is 2.90. The maximum absolute atomic E-state index is 11.1. The summed E-state index contributed by atoms with van der Waals surface area (Å²) in [6.07, 6.45) is 6.97. The molecule has 1 aliphatic heterocycles. The molecule has 0 radical (unpaired) electrons. The molecule has 1 aromatic carbocycles. The Hall–Kier alpha value is -1.90. The van der Waals surface area contributed by atoms with Crippen molar-refractivity contribution in [2.24, 2.45) is 5.41 Å². The number of hydrogen-bond donors (Lipinski definition) is 2. The van der Waals surface area contributed by atoms with E-state index in [0.717, 1.165) is 67.0 Å². The number of aliphatic hydroxyl groups is 2. The number of rotatable bonds is 11. The van der Waals surface area contributed by atoms with E-state index in [-0.39, 0.29) is 12.0 Å². The van der Waals surface area contributed by atoms with E-state index in [9.17, 15) is 10.2 Å². The van der Waals surface area contributed by atoms with Crippen LogP contribution < -0.4 is 4.74 Å². The molecule has 0 bridgehead atoms. The van der Waals surface area contributed by atoms with Crippen LogP contribution in [0.4, 0.5) is 0 Å². The molecule has 0 aliphatic carbocycles. The summed E-state index contributed by atoms with van der Waals surface area (Å²) in [5.41, 5.74) is 1.30. The molecule has 3 aromatic rings. The lowest BCUT2D eigenvalue weighted by Gasteiger charge is -2.41. The Morgan fingerprint density at radius 1 is 1.20 bits per heavy atom. The fourth-order valence-corrected chi connectivity index (χ4v) is 5.93. The maximum Gasteiger partial charge on any atom is 0.119 e. The second-order valence-electron chi connectivity index (χ2n) is 9.33. The molecular weight excluding hydrogens is 482 g/mol. The van der Waals surface area contributed by atoms with Gasteiger partial charge in [0, 0.05) is 35.7 Å². The summed E-state index contributed by atoms with van der Waals surface area (Å²) in [6, 6.07) is 11.6. The first-order valence-corrected chi connectivity index (χ1v) is 13.6. The van der Waals surface area contributed by atoms with Crippen LogP contribution in [0.5, 0.6) is 5.75 Å². The van der Waals surface area contributed by atoms with Gasteiger partial charge >= 0.3 is 0 Å². The van der Waals surface area contributed by atoms with Crippen molar-refractivity contribution in [3.05, 3.63) is 59.4 Å². The first-order chi connectivity index (χ1) is 17.0. The van der Waals surface area contributed by atoms with E-state index in [1.807, 2.05) is 42.6 Å². The molecule has 0 amide bonds. The molecule has 35 heavy (non-hydrogen) atoms. The van der Waals surface area contributed by atoms with Gasteiger partial charge in [0.1, 0.15) is 5.75 Å². The maximum atomic E-state index is 11.1. The van der Waals surface area contributed by atoms with Gasteiger partial charge in [-0.15, -0.1) is 11.8 Å². The van der Waals surface area contributed by atoms with Gasteiger partial charge in [-0.2, -0.15) is 0 Å². The molecule has 0 saturated carbocycles. The molecular formula is C27H34ClN3O3S. The zero-order valence-electron chi connectivity index (χ0n) is 20.2. The molecule has 2 aromatic heterocycles. The highest BCUT2D eigenvalue weighted by molar-refractivity contribution is 7.99. The number of halogens is 1. The van der Waals surface area contributed by atoms with E-state index >= 15 is 0 Å². The second-order valence-corrected chi connectivity index (χ2v) is 10.8. The van der Waals surface area contributed by atoms with Crippen molar-refractivity contribution in [1.29, 1.82) is 0 Å². The van der Waals surface area contributed by atoms with Gasteiger partial charge in [0.05, 0.1) is 28.8 Å². The molecule has 6 nitrogen and oxygen atoms in total. The summed E-state index contributed by atoms with van der Waals surface area (Å²) >= 11 is 8.28. The Morgan fingerprint density at radius 3 is 2.74 bits per heavy atom. The third-order valence-corrected chi connectivity index (χ3v) is 8.44. The number of fused-ring (bicyclic) bond motifs is 1. The molecule has 8 heteroatoms. The predicted octanol–water partition coefficient (Wildman–Crippen LogP) is 5.36. The lowest BCUT2D eigenvalue weighted by atomic mass is 9.74. The quantitative estimate of drug-likeness (QED) is 0.263. The molecule has 2 N–H and O–H groups in total. The standard InChI is InChI=1S/C27H34ClN3O3S/c1-34-20-6-7-23-21(17-20)26(22(28)18-30-23)24(33)8-9-27(19-32)10-14-31(15-11-27)13-4-16-35-25-5-2-3-12-29-25/h2-3,5-7,12,17-18,24,32-33H,4,8-11,13-16,19H2,1H3. The Labute approximate surface area is 216 Å². The predicted molar refractivity (Wildman–Crippen MR) is 142 cm³/mol. The Balaban J connectivity index is 1.30. The fraction of sp³-hybridized carbons (Fsp3) is 0.481. The zero-order valence-corrected chi connectivity index (χ0v) is 21.8. The van der Waals surface area contributed by atoms with Gasteiger partial charge in [0.25, 0.3) is 0 Å². The van der Waals surface area contributed by atoms with Gasteiger partial charge in [-0.3, -0.25) is 4.98 Å². The van der Waals surface area contributed by atoms with Crippen LogP contribution in [0.1, 0.15) is 43.8 Å². The minimum Gasteiger partial charge on any atom is -0.497 e. The van der Waals surface area contributed by atoms with E-state index in [1.165, 1.54) is 0 Å². The van der Waals surface area contributed by atoms with Gasteiger partial charge in [0.15, 0.2) is 0 Å². The average molecular weight is 516 g/mol.